The summed E-state index contributed by atoms with van der Waals surface area (Å²) in [7, 11) is 0. The predicted molar refractivity (Wildman–Crippen MR) is 217 cm³/mol. The van der Waals surface area contributed by atoms with Gasteiger partial charge < -0.3 is 4.42 Å². The molecule has 0 spiro atoms. The minimum atomic E-state index is 0.342. The Balaban J connectivity index is 1.18. The summed E-state index contributed by atoms with van der Waals surface area (Å²) < 4.78 is 6.54. The van der Waals surface area contributed by atoms with Gasteiger partial charge in [-0.15, -0.1) is 0 Å². The fourth-order valence-corrected chi connectivity index (χ4v) is 9.63. The van der Waals surface area contributed by atoms with Crippen LogP contribution in [0.4, 0.5) is 0 Å². The van der Waals surface area contributed by atoms with Gasteiger partial charge in [-0.1, -0.05) is 141 Å². The van der Waals surface area contributed by atoms with Crippen molar-refractivity contribution in [3.63, 3.8) is 0 Å². The third-order valence-electron chi connectivity index (χ3n) is 12.0. The van der Waals surface area contributed by atoms with Crippen LogP contribution in [-0.2, 0) is 6.42 Å². The van der Waals surface area contributed by atoms with Gasteiger partial charge in [-0.25, -0.2) is 0 Å². The lowest BCUT2D eigenvalue weighted by atomic mass is 9.75. The SMILES string of the molecule is CC1C=Cc2c(c(-c3ccc4oc5c(c4c3)[C@H](C)C3C=CC=CC3=C5)c3ccccc3c2-c2ccc3c4ccccc4c4ccccc4c3c2)C1. The van der Waals surface area contributed by atoms with Gasteiger partial charge in [0.25, 0.3) is 0 Å². The zero-order valence-corrected chi connectivity index (χ0v) is 28.8. The second kappa shape index (κ2) is 10.8. The molecule has 1 aromatic heterocycles. The normalized spacial score (nSPS) is 19.2. The smallest absolute Gasteiger partial charge is 0.135 e. The van der Waals surface area contributed by atoms with Crippen LogP contribution in [-0.4, -0.2) is 0 Å². The van der Waals surface area contributed by atoms with Crippen LogP contribution in [0.15, 0.2) is 150 Å². The van der Waals surface area contributed by atoms with Crippen molar-refractivity contribution in [2.45, 2.75) is 26.2 Å². The van der Waals surface area contributed by atoms with Crippen molar-refractivity contribution in [2.75, 3.05) is 0 Å². The molecule has 3 aliphatic carbocycles. The van der Waals surface area contributed by atoms with Crippen molar-refractivity contribution in [2.24, 2.45) is 11.8 Å². The van der Waals surface area contributed by atoms with Gasteiger partial charge in [0.1, 0.15) is 11.3 Å². The molecule has 0 aliphatic heterocycles. The summed E-state index contributed by atoms with van der Waals surface area (Å²) >= 11 is 0. The van der Waals surface area contributed by atoms with Gasteiger partial charge in [0.2, 0.25) is 0 Å². The van der Waals surface area contributed by atoms with E-state index >= 15 is 0 Å². The van der Waals surface area contributed by atoms with Crippen LogP contribution in [0.2, 0.25) is 0 Å². The van der Waals surface area contributed by atoms with E-state index in [1.165, 1.54) is 93.0 Å². The first-order valence-electron chi connectivity index (χ1n) is 18.3. The molecule has 51 heavy (non-hydrogen) atoms. The molecule has 1 nitrogen and oxygen atoms in total. The zero-order chi connectivity index (χ0) is 33.8. The predicted octanol–water partition coefficient (Wildman–Crippen LogP) is 13.8. The van der Waals surface area contributed by atoms with Gasteiger partial charge in [0.15, 0.2) is 0 Å². The Bertz CT molecular complexity index is 2890. The van der Waals surface area contributed by atoms with Crippen molar-refractivity contribution in [3.05, 3.63) is 168 Å². The average Bonchev–Trinajstić information content (AvgIpc) is 3.55. The van der Waals surface area contributed by atoms with Crippen LogP contribution in [0.5, 0.6) is 0 Å². The van der Waals surface area contributed by atoms with Gasteiger partial charge in [-0.3, -0.25) is 0 Å². The number of benzene rings is 7. The molecule has 0 amide bonds. The molecule has 0 fully saturated rings. The first kappa shape index (κ1) is 28.9. The van der Waals surface area contributed by atoms with Crippen LogP contribution >= 0.6 is 0 Å². The quantitative estimate of drug-likeness (QED) is 0.169. The largest absolute Gasteiger partial charge is 0.456 e. The second-order valence-corrected chi connectivity index (χ2v) is 14.9. The topological polar surface area (TPSA) is 13.1 Å². The fraction of sp³-hybridized carbons (Fsp3) is 0.120. The molecule has 1 heteroatoms. The van der Waals surface area contributed by atoms with Crippen LogP contribution in [0.3, 0.4) is 0 Å². The molecule has 3 atom stereocenters. The molecule has 8 aromatic rings. The van der Waals surface area contributed by atoms with E-state index in [1.807, 2.05) is 0 Å². The molecule has 1 heterocycles. The number of hydrogen-bond donors (Lipinski definition) is 0. The lowest BCUT2D eigenvalue weighted by molar-refractivity contribution is 0.557. The third kappa shape index (κ3) is 4.15. The first-order valence-corrected chi connectivity index (χ1v) is 18.3. The van der Waals surface area contributed by atoms with Gasteiger partial charge >= 0.3 is 0 Å². The van der Waals surface area contributed by atoms with Gasteiger partial charge in [-0.05, 0) is 125 Å². The highest BCUT2D eigenvalue weighted by Crippen LogP contribution is 2.49. The maximum atomic E-state index is 6.54. The molecule has 0 N–H and O–H groups in total. The Labute approximate surface area is 297 Å². The van der Waals surface area contributed by atoms with E-state index in [9.17, 15) is 0 Å². The Kier molecular flexibility index (Phi) is 6.11. The fourth-order valence-electron chi connectivity index (χ4n) is 9.63. The molecule has 2 unspecified atom stereocenters. The summed E-state index contributed by atoms with van der Waals surface area (Å²) in [6.07, 6.45) is 17.0. The van der Waals surface area contributed by atoms with Gasteiger partial charge in [0, 0.05) is 16.9 Å². The monoisotopic (exact) mass is 652 g/mol. The molecule has 0 radical (unpaired) electrons. The summed E-state index contributed by atoms with van der Waals surface area (Å²) in [5, 5.41) is 11.7. The van der Waals surface area contributed by atoms with Crippen molar-refractivity contribution in [1.82, 2.24) is 0 Å². The molecule has 242 valence electrons. The number of fused-ring (bicyclic) bond motifs is 12. The zero-order valence-electron chi connectivity index (χ0n) is 28.8. The summed E-state index contributed by atoms with van der Waals surface area (Å²) in [4.78, 5) is 0. The summed E-state index contributed by atoms with van der Waals surface area (Å²) in [5.41, 5.74) is 11.7. The second-order valence-electron chi connectivity index (χ2n) is 14.9. The standard InChI is InChI=1S/C50H36O/c1-29-19-22-42-44(25-29)50(33-21-24-46-45(27-33)48-30(2)34-12-4-3-11-31(34)28-47(48)51-46)41-18-10-9-17-40(41)49(42)32-20-23-39-37-15-6-5-13-35(37)36-14-7-8-16-38(36)43(39)26-32/h3-24,26-30,34H,25H2,1-2H3/t29?,30-,34?/m1/s1. The van der Waals surface area contributed by atoms with Crippen LogP contribution in [0, 0.1) is 11.8 Å². The van der Waals surface area contributed by atoms with E-state index in [2.05, 4.69) is 166 Å². The summed E-state index contributed by atoms with van der Waals surface area (Å²) in [6.45, 7) is 4.70. The minimum absolute atomic E-state index is 0.342. The number of furan rings is 1. The maximum absolute atomic E-state index is 6.54. The Morgan fingerprint density at radius 3 is 1.90 bits per heavy atom. The summed E-state index contributed by atoms with van der Waals surface area (Å²) in [6, 6.07) is 40.9. The van der Waals surface area contributed by atoms with Crippen molar-refractivity contribution in [3.8, 4) is 22.3 Å². The highest BCUT2D eigenvalue weighted by molar-refractivity contribution is 6.26. The number of hydrogen-bond acceptors (Lipinski definition) is 1. The van der Waals surface area contributed by atoms with Crippen LogP contribution in [0.1, 0.15) is 42.2 Å². The molecule has 0 saturated heterocycles. The Morgan fingerprint density at radius 2 is 1.16 bits per heavy atom. The molecule has 7 aromatic carbocycles. The molecular weight excluding hydrogens is 617 g/mol. The van der Waals surface area contributed by atoms with E-state index < -0.39 is 0 Å². The van der Waals surface area contributed by atoms with Crippen LogP contribution in [0.25, 0.3) is 88.5 Å². The lowest BCUT2D eigenvalue weighted by Gasteiger charge is -2.28. The lowest BCUT2D eigenvalue weighted by Crippen LogP contribution is -2.15. The van der Waals surface area contributed by atoms with Crippen LogP contribution < -0.4 is 0 Å². The highest BCUT2D eigenvalue weighted by Gasteiger charge is 2.32. The maximum Gasteiger partial charge on any atom is 0.135 e. The van der Waals surface area contributed by atoms with Crippen molar-refractivity contribution >= 4 is 66.2 Å². The van der Waals surface area contributed by atoms with Crippen molar-refractivity contribution < 1.29 is 4.42 Å². The molecule has 0 bridgehead atoms. The van der Waals surface area contributed by atoms with E-state index in [-0.39, 0.29) is 0 Å². The van der Waals surface area contributed by atoms with Gasteiger partial charge in [0.05, 0.1) is 0 Å². The first-order chi connectivity index (χ1) is 25.1. The molecule has 3 aliphatic rings. The third-order valence-corrected chi connectivity index (χ3v) is 12.0. The number of allylic oxidation sites excluding steroid dienone is 6. The van der Waals surface area contributed by atoms with E-state index in [4.69, 9.17) is 4.42 Å². The number of rotatable bonds is 2. The Hall–Kier alpha value is -5.92. The summed E-state index contributed by atoms with van der Waals surface area (Å²) in [5.74, 6) is 2.19. The van der Waals surface area contributed by atoms with Crippen molar-refractivity contribution in [1.29, 1.82) is 0 Å². The average molecular weight is 653 g/mol. The van der Waals surface area contributed by atoms with E-state index in [1.54, 1.807) is 0 Å². The highest BCUT2D eigenvalue weighted by atomic mass is 16.3. The van der Waals surface area contributed by atoms with E-state index in [0.717, 1.165) is 17.8 Å². The van der Waals surface area contributed by atoms with E-state index in [0.29, 0.717) is 17.8 Å². The Morgan fingerprint density at radius 1 is 0.549 bits per heavy atom. The molecule has 11 rings (SSSR count). The van der Waals surface area contributed by atoms with Gasteiger partial charge in [-0.2, -0.15) is 0 Å². The minimum Gasteiger partial charge on any atom is -0.456 e. The molecule has 0 saturated carbocycles. The molecular formula is C50H36O.